The second-order valence-corrected chi connectivity index (χ2v) is 7.23. The van der Waals surface area contributed by atoms with E-state index in [4.69, 9.17) is 9.47 Å². The Bertz CT molecular complexity index is 939. The molecular formula is C24H28N2O4. The molecule has 1 fully saturated rings. The van der Waals surface area contributed by atoms with Crippen LogP contribution < -0.4 is 9.47 Å². The molecule has 1 saturated heterocycles. The van der Waals surface area contributed by atoms with Crippen molar-refractivity contribution in [3.63, 3.8) is 0 Å². The molecular weight excluding hydrogens is 380 g/mol. The molecule has 2 aromatic carbocycles. The van der Waals surface area contributed by atoms with Gasteiger partial charge in [-0.1, -0.05) is 24.3 Å². The first kappa shape index (κ1) is 21.4. The summed E-state index contributed by atoms with van der Waals surface area (Å²) in [6.45, 7) is 4.27. The molecule has 158 valence electrons. The lowest BCUT2D eigenvalue weighted by molar-refractivity contribution is -0.125. The van der Waals surface area contributed by atoms with Gasteiger partial charge in [-0.15, -0.1) is 0 Å². The monoisotopic (exact) mass is 408 g/mol. The lowest BCUT2D eigenvalue weighted by Crippen LogP contribution is -2.36. The molecule has 2 aromatic rings. The van der Waals surface area contributed by atoms with Gasteiger partial charge in [0.2, 0.25) is 5.91 Å². The average molecular weight is 408 g/mol. The third-order valence-corrected chi connectivity index (χ3v) is 5.32. The number of carbonyl (C=O) groups is 2. The molecule has 2 amide bonds. The Morgan fingerprint density at radius 1 is 0.900 bits per heavy atom. The predicted octanol–water partition coefficient (Wildman–Crippen LogP) is 3.40. The Balaban J connectivity index is 1.64. The summed E-state index contributed by atoms with van der Waals surface area (Å²) >= 11 is 0. The molecule has 1 aliphatic rings. The lowest BCUT2D eigenvalue weighted by Gasteiger charge is -2.22. The molecule has 0 N–H and O–H groups in total. The Hall–Kier alpha value is -3.28. The number of hydrogen-bond acceptors (Lipinski definition) is 4. The second kappa shape index (κ2) is 9.96. The molecule has 30 heavy (non-hydrogen) atoms. The summed E-state index contributed by atoms with van der Waals surface area (Å²) in [5.41, 5.74) is 2.71. The van der Waals surface area contributed by atoms with Crippen LogP contribution in [0.15, 0.2) is 48.5 Å². The van der Waals surface area contributed by atoms with Gasteiger partial charge in [0.25, 0.3) is 5.91 Å². The van der Waals surface area contributed by atoms with Crippen molar-refractivity contribution in [2.45, 2.75) is 13.3 Å². The molecule has 0 aliphatic carbocycles. The molecule has 0 aromatic heterocycles. The van der Waals surface area contributed by atoms with Crippen molar-refractivity contribution < 1.29 is 19.1 Å². The first-order valence-corrected chi connectivity index (χ1v) is 10.1. The number of rotatable bonds is 5. The normalized spacial score (nSPS) is 14.5. The maximum Gasteiger partial charge on any atom is 0.254 e. The second-order valence-electron chi connectivity index (χ2n) is 7.23. The predicted molar refractivity (Wildman–Crippen MR) is 117 cm³/mol. The van der Waals surface area contributed by atoms with Gasteiger partial charge in [-0.2, -0.15) is 0 Å². The number of nitrogens with zero attached hydrogens (tertiary/aromatic N) is 2. The number of aryl methyl sites for hydroxylation is 1. The van der Waals surface area contributed by atoms with Crippen molar-refractivity contribution in [2.75, 3.05) is 40.4 Å². The van der Waals surface area contributed by atoms with Crippen molar-refractivity contribution in [1.29, 1.82) is 0 Å². The molecule has 0 saturated carbocycles. The summed E-state index contributed by atoms with van der Waals surface area (Å²) in [6, 6.07) is 13.1. The molecule has 1 aliphatic heterocycles. The summed E-state index contributed by atoms with van der Waals surface area (Å²) in [6.07, 6.45) is 4.21. The van der Waals surface area contributed by atoms with Crippen LogP contribution in [0, 0.1) is 6.92 Å². The fraction of sp³-hybridized carbons (Fsp3) is 0.333. The smallest absolute Gasteiger partial charge is 0.254 e. The first-order valence-electron chi connectivity index (χ1n) is 10.1. The first-order chi connectivity index (χ1) is 14.5. The van der Waals surface area contributed by atoms with Crippen molar-refractivity contribution >= 4 is 17.9 Å². The summed E-state index contributed by atoms with van der Waals surface area (Å²) in [5, 5.41) is 0. The van der Waals surface area contributed by atoms with Gasteiger partial charge in [-0.3, -0.25) is 9.59 Å². The number of amides is 2. The van der Waals surface area contributed by atoms with Gasteiger partial charge in [0.05, 0.1) is 14.2 Å². The van der Waals surface area contributed by atoms with Gasteiger partial charge in [0.15, 0.2) is 11.5 Å². The zero-order valence-corrected chi connectivity index (χ0v) is 17.8. The van der Waals surface area contributed by atoms with E-state index < -0.39 is 0 Å². The third-order valence-electron chi connectivity index (χ3n) is 5.32. The van der Waals surface area contributed by atoms with E-state index in [9.17, 15) is 9.59 Å². The van der Waals surface area contributed by atoms with Crippen molar-refractivity contribution in [3.05, 3.63) is 65.2 Å². The van der Waals surface area contributed by atoms with Crippen LogP contribution in [-0.4, -0.2) is 62.0 Å². The van der Waals surface area contributed by atoms with Gasteiger partial charge in [0.1, 0.15) is 0 Å². The Morgan fingerprint density at radius 3 is 2.33 bits per heavy atom. The van der Waals surface area contributed by atoms with Crippen molar-refractivity contribution in [1.82, 2.24) is 9.80 Å². The summed E-state index contributed by atoms with van der Waals surface area (Å²) in [7, 11) is 3.11. The Labute approximate surface area is 177 Å². The van der Waals surface area contributed by atoms with E-state index in [0.29, 0.717) is 43.2 Å². The van der Waals surface area contributed by atoms with Crippen LogP contribution in [0.25, 0.3) is 6.08 Å². The van der Waals surface area contributed by atoms with Crippen LogP contribution in [0.3, 0.4) is 0 Å². The Morgan fingerprint density at radius 2 is 1.60 bits per heavy atom. The maximum absolute atomic E-state index is 13.0. The highest BCUT2D eigenvalue weighted by Crippen LogP contribution is 2.28. The number of hydrogen-bond donors (Lipinski definition) is 0. The maximum atomic E-state index is 13.0. The minimum atomic E-state index is -0.0688. The van der Waals surface area contributed by atoms with Gasteiger partial charge in [-0.25, -0.2) is 0 Å². The highest BCUT2D eigenvalue weighted by atomic mass is 16.5. The zero-order valence-electron chi connectivity index (χ0n) is 17.8. The SMILES string of the molecule is COc1ccc(C(=O)N2CCCN(C(=O)/C=C/c3ccccc3C)CC2)cc1OC. The van der Waals surface area contributed by atoms with Gasteiger partial charge in [-0.05, 0) is 48.7 Å². The molecule has 6 heteroatoms. The molecule has 1 heterocycles. The largest absolute Gasteiger partial charge is 0.493 e. The molecule has 0 bridgehead atoms. The lowest BCUT2D eigenvalue weighted by atomic mass is 10.1. The van der Waals surface area contributed by atoms with E-state index in [2.05, 4.69) is 0 Å². The topological polar surface area (TPSA) is 59.1 Å². The number of benzene rings is 2. The van der Waals surface area contributed by atoms with Crippen LogP contribution in [0.4, 0.5) is 0 Å². The Kier molecular flexibility index (Phi) is 7.12. The van der Waals surface area contributed by atoms with Gasteiger partial charge >= 0.3 is 0 Å². The van der Waals surface area contributed by atoms with E-state index in [0.717, 1.165) is 17.5 Å². The third kappa shape index (κ3) is 5.00. The van der Waals surface area contributed by atoms with E-state index in [-0.39, 0.29) is 11.8 Å². The van der Waals surface area contributed by atoms with Crippen LogP contribution in [-0.2, 0) is 4.79 Å². The van der Waals surface area contributed by atoms with Crippen LogP contribution in [0.1, 0.15) is 27.9 Å². The van der Waals surface area contributed by atoms with Gasteiger partial charge < -0.3 is 19.3 Å². The van der Waals surface area contributed by atoms with Crippen molar-refractivity contribution in [3.8, 4) is 11.5 Å². The molecule has 6 nitrogen and oxygen atoms in total. The van der Waals surface area contributed by atoms with Crippen LogP contribution in [0.5, 0.6) is 11.5 Å². The number of carbonyl (C=O) groups excluding carboxylic acids is 2. The molecule has 3 rings (SSSR count). The highest BCUT2D eigenvalue weighted by Gasteiger charge is 2.22. The minimum Gasteiger partial charge on any atom is -0.493 e. The highest BCUT2D eigenvalue weighted by molar-refractivity contribution is 5.95. The zero-order chi connectivity index (χ0) is 21.5. The summed E-state index contributed by atoms with van der Waals surface area (Å²) in [5.74, 6) is 1.01. The van der Waals surface area contributed by atoms with Crippen LogP contribution >= 0.6 is 0 Å². The van der Waals surface area contributed by atoms with Gasteiger partial charge in [0, 0.05) is 37.8 Å². The van der Waals surface area contributed by atoms with E-state index >= 15 is 0 Å². The fourth-order valence-corrected chi connectivity index (χ4v) is 3.53. The minimum absolute atomic E-state index is 0.0290. The van der Waals surface area contributed by atoms with E-state index in [1.807, 2.05) is 37.3 Å². The number of ether oxygens (including phenoxy) is 2. The summed E-state index contributed by atoms with van der Waals surface area (Å²) < 4.78 is 10.5. The molecule has 0 spiro atoms. The standard InChI is InChI=1S/C24H28N2O4/c1-18-7-4-5-8-19(18)10-12-23(27)25-13-6-14-26(16-15-25)24(28)20-9-11-21(29-2)22(17-20)30-3/h4-5,7-12,17H,6,13-16H2,1-3H3/b12-10+. The molecule has 0 atom stereocenters. The fourth-order valence-electron chi connectivity index (χ4n) is 3.53. The van der Waals surface area contributed by atoms with Crippen molar-refractivity contribution in [2.24, 2.45) is 0 Å². The number of methoxy groups -OCH3 is 2. The van der Waals surface area contributed by atoms with E-state index in [1.54, 1.807) is 48.3 Å². The quantitative estimate of drug-likeness (QED) is 0.712. The summed E-state index contributed by atoms with van der Waals surface area (Å²) in [4.78, 5) is 29.2. The molecule has 0 radical (unpaired) electrons. The molecule has 0 unspecified atom stereocenters. The van der Waals surface area contributed by atoms with Crippen LogP contribution in [0.2, 0.25) is 0 Å². The average Bonchev–Trinajstić information content (AvgIpc) is 3.03. The van der Waals surface area contributed by atoms with E-state index in [1.165, 1.54) is 0 Å².